The quantitative estimate of drug-likeness (QED) is 0.226. The third-order valence-corrected chi connectivity index (χ3v) is 4.51. The van der Waals surface area contributed by atoms with E-state index in [9.17, 15) is 48.3 Å². The van der Waals surface area contributed by atoms with E-state index in [4.69, 9.17) is 0 Å². The van der Waals surface area contributed by atoms with Crippen LogP contribution in [-0.2, 0) is 3.07 Å². The van der Waals surface area contributed by atoms with Crippen LogP contribution in [0.1, 0.15) is 32.1 Å². The van der Waals surface area contributed by atoms with Gasteiger partial charge in [0, 0.05) is 0 Å². The van der Waals surface area contributed by atoms with E-state index in [0.29, 0.717) is 0 Å². The third kappa shape index (κ3) is 2.90. The van der Waals surface area contributed by atoms with Crippen molar-refractivity contribution in [2.24, 2.45) is 0 Å². The highest BCUT2D eigenvalue weighted by Gasteiger charge is 3.00. The summed E-state index contributed by atoms with van der Waals surface area (Å²) in [5, 5.41) is 0. The summed E-state index contributed by atoms with van der Waals surface area (Å²) >= 11 is 1.51. The lowest BCUT2D eigenvalue weighted by molar-refractivity contribution is -0.485. The highest BCUT2D eigenvalue weighted by molar-refractivity contribution is 14.1. The Balaban J connectivity index is 3.18. The molecule has 0 unspecified atom stereocenters. The Morgan fingerprint density at radius 3 is 1.28 bits per heavy atom. The molecule has 0 spiro atoms. The van der Waals surface area contributed by atoms with Gasteiger partial charge in [0.1, 0.15) is 23.0 Å². The van der Waals surface area contributed by atoms with Crippen LogP contribution in [0.25, 0.3) is 0 Å². The highest BCUT2D eigenvalue weighted by Crippen LogP contribution is 2.70. The van der Waals surface area contributed by atoms with Crippen molar-refractivity contribution >= 4 is 23.0 Å². The lowest BCUT2D eigenvalue weighted by Crippen LogP contribution is -2.83. The molecule has 0 amide bonds. The second kappa shape index (κ2) is 6.82. The van der Waals surface area contributed by atoms with Gasteiger partial charge >= 0.3 is 29.6 Å². The van der Waals surface area contributed by atoms with Gasteiger partial charge < -0.3 is 3.07 Å². The van der Waals surface area contributed by atoms with Gasteiger partial charge in [-0.2, -0.15) is 43.9 Å². The molecule has 1 aliphatic carbocycles. The van der Waals surface area contributed by atoms with Crippen LogP contribution in [0, 0.1) is 0 Å². The number of hydrogen-bond donors (Lipinski definition) is 0. The largest absolute Gasteiger partial charge is 0.384 e. The molecule has 0 aliphatic heterocycles. The molecule has 0 aromatic carbocycles. The molecular weight excluding hydrogens is 496 g/mol. The molecule has 0 bridgehead atoms. The normalized spacial score (nSPS) is 27.8. The summed E-state index contributed by atoms with van der Waals surface area (Å²) in [6.07, 6.45) is -2.93. The first-order chi connectivity index (χ1) is 11.1. The fourth-order valence-electron chi connectivity index (χ4n) is 2.48. The first-order valence-electron chi connectivity index (χ1n) is 6.88. The molecule has 1 rings (SSSR count). The maximum atomic E-state index is 14.2. The molecule has 1 saturated carbocycles. The van der Waals surface area contributed by atoms with E-state index in [1.807, 2.05) is 0 Å². The van der Waals surface area contributed by atoms with Gasteiger partial charge in [-0.05, 0) is 19.3 Å². The van der Waals surface area contributed by atoms with Crippen molar-refractivity contribution in [1.82, 2.24) is 0 Å². The summed E-state index contributed by atoms with van der Waals surface area (Å²) in [4.78, 5) is 0. The van der Waals surface area contributed by atoms with E-state index in [2.05, 4.69) is 3.07 Å². The molecule has 0 radical (unpaired) electrons. The highest BCUT2D eigenvalue weighted by atomic mass is 127. The molecule has 25 heavy (non-hydrogen) atoms. The topological polar surface area (TPSA) is 9.23 Å². The number of unbranched alkanes of at least 4 members (excludes halogenated alkanes) is 3. The van der Waals surface area contributed by atoms with Crippen LogP contribution in [0.2, 0.25) is 0 Å². The van der Waals surface area contributed by atoms with Gasteiger partial charge in [0.2, 0.25) is 5.67 Å². The Morgan fingerprint density at radius 2 is 0.880 bits per heavy atom. The van der Waals surface area contributed by atoms with Crippen LogP contribution in [0.3, 0.4) is 0 Å². The first-order valence-corrected chi connectivity index (χ1v) is 7.76. The molecule has 0 saturated heterocycles. The second-order valence-electron chi connectivity index (χ2n) is 5.65. The molecular formula is C12H12F11IO. The summed E-state index contributed by atoms with van der Waals surface area (Å²) in [7, 11) is 0. The van der Waals surface area contributed by atoms with Crippen LogP contribution in [0.5, 0.6) is 0 Å². The van der Waals surface area contributed by atoms with E-state index in [0.717, 1.165) is 0 Å². The smallest absolute Gasteiger partial charge is 0.316 e. The van der Waals surface area contributed by atoms with Crippen molar-refractivity contribution in [1.29, 1.82) is 0 Å². The number of rotatable bonds is 7. The Morgan fingerprint density at radius 1 is 0.520 bits per heavy atom. The summed E-state index contributed by atoms with van der Waals surface area (Å²) in [6, 6.07) is 0. The average Bonchev–Trinajstić information content (AvgIpc) is 2.48. The molecule has 1 fully saturated rings. The molecule has 1 aliphatic rings. The van der Waals surface area contributed by atoms with Crippen LogP contribution in [0.15, 0.2) is 0 Å². The van der Waals surface area contributed by atoms with Gasteiger partial charge in [-0.15, -0.1) is 0 Å². The molecule has 0 N–H and O–H groups in total. The number of hydrogen-bond acceptors (Lipinski definition) is 1. The summed E-state index contributed by atoms with van der Waals surface area (Å²) in [5.41, 5.74) is -5.84. The van der Waals surface area contributed by atoms with Crippen LogP contribution in [0.4, 0.5) is 48.3 Å². The van der Waals surface area contributed by atoms with Crippen LogP contribution < -0.4 is 0 Å². The third-order valence-electron chi connectivity index (χ3n) is 4.07. The fraction of sp³-hybridized carbons (Fsp3) is 1.00. The Bertz CT molecular complexity index is 450. The van der Waals surface area contributed by atoms with E-state index >= 15 is 0 Å². The second-order valence-corrected chi connectivity index (χ2v) is 6.27. The molecule has 150 valence electrons. The summed E-state index contributed by atoms with van der Waals surface area (Å²) in [5.74, 6) is -34.6. The first kappa shape index (κ1) is 23.0. The Labute approximate surface area is 148 Å². The predicted octanol–water partition coefficient (Wildman–Crippen LogP) is 6.20. The molecule has 1 nitrogen and oxygen atoms in total. The van der Waals surface area contributed by atoms with Crippen molar-refractivity contribution in [2.45, 2.75) is 67.4 Å². The lowest BCUT2D eigenvalue weighted by atomic mass is 9.70. The molecule has 0 aromatic rings. The van der Waals surface area contributed by atoms with E-state index in [1.54, 1.807) is 0 Å². The van der Waals surface area contributed by atoms with Gasteiger partial charge in [0.25, 0.3) is 0 Å². The van der Waals surface area contributed by atoms with Crippen molar-refractivity contribution in [3.05, 3.63) is 0 Å². The molecule has 0 aromatic heterocycles. The van der Waals surface area contributed by atoms with Crippen molar-refractivity contribution in [2.75, 3.05) is 6.61 Å². The van der Waals surface area contributed by atoms with Crippen molar-refractivity contribution < 1.29 is 51.4 Å². The predicted molar refractivity (Wildman–Crippen MR) is 71.6 cm³/mol. The van der Waals surface area contributed by atoms with Gasteiger partial charge in [-0.3, -0.25) is 0 Å². The molecule has 0 atom stereocenters. The number of alkyl halides is 11. The zero-order valence-electron chi connectivity index (χ0n) is 12.2. The standard InChI is InChI=1S/C12H12F11IO/c13-7(5-3-1-2-4-6-25-24)8(14,15)10(18,19)12(22,23)11(20,21)9(7,16)17/h1-6H2. The fourth-order valence-corrected chi connectivity index (χ4v) is 2.79. The average molecular weight is 508 g/mol. The minimum absolute atomic E-state index is 0.110. The maximum Gasteiger partial charge on any atom is 0.384 e. The minimum Gasteiger partial charge on any atom is -0.316 e. The molecule has 0 heterocycles. The van der Waals surface area contributed by atoms with Gasteiger partial charge in [-0.1, -0.05) is 12.8 Å². The Hall–Kier alpha value is -0.0800. The zero-order chi connectivity index (χ0) is 19.9. The molecule has 13 heteroatoms. The van der Waals surface area contributed by atoms with Gasteiger partial charge in [0.05, 0.1) is 6.61 Å². The SMILES string of the molecule is FC1(F)C(F)(F)C(F)(F)C(F)(CCCCCCOI)C(F)(F)C1(F)F. The Kier molecular flexibility index (Phi) is 6.26. The van der Waals surface area contributed by atoms with E-state index in [-0.39, 0.29) is 25.9 Å². The summed E-state index contributed by atoms with van der Waals surface area (Å²) in [6.45, 7) is 0.163. The zero-order valence-corrected chi connectivity index (χ0v) is 14.3. The van der Waals surface area contributed by atoms with E-state index < -0.39 is 48.1 Å². The van der Waals surface area contributed by atoms with Gasteiger partial charge in [-0.25, -0.2) is 4.39 Å². The van der Waals surface area contributed by atoms with Crippen LogP contribution >= 0.6 is 23.0 Å². The lowest BCUT2D eigenvalue weighted by Gasteiger charge is -2.52. The monoisotopic (exact) mass is 508 g/mol. The minimum atomic E-state index is -7.14. The van der Waals surface area contributed by atoms with E-state index in [1.165, 1.54) is 23.0 Å². The maximum absolute atomic E-state index is 14.2. The van der Waals surface area contributed by atoms with Crippen molar-refractivity contribution in [3.63, 3.8) is 0 Å². The van der Waals surface area contributed by atoms with Crippen molar-refractivity contribution in [3.8, 4) is 0 Å². The van der Waals surface area contributed by atoms with Crippen LogP contribution in [-0.4, -0.2) is 41.9 Å². The van der Waals surface area contributed by atoms with Gasteiger partial charge in [0.15, 0.2) is 0 Å². The number of halogens is 12. The summed E-state index contributed by atoms with van der Waals surface area (Å²) < 4.78 is 152.